The van der Waals surface area contributed by atoms with Gasteiger partial charge in [-0.05, 0) is 24.3 Å². The van der Waals surface area contributed by atoms with Gasteiger partial charge in [0.1, 0.15) is 11.1 Å². The number of carbonyl (C=O) groups is 1. The molecular formula is C10H6ClNO4. The predicted octanol–water partition coefficient (Wildman–Crippen LogP) is 1.57. The molecule has 0 spiro atoms. The molecule has 0 radical (unpaired) electrons. The molecule has 0 atom stereocenters. The van der Waals surface area contributed by atoms with E-state index >= 15 is 0 Å². The molecule has 1 heterocycles. The van der Waals surface area contributed by atoms with Crippen molar-refractivity contribution in [2.75, 3.05) is 0 Å². The molecule has 16 heavy (non-hydrogen) atoms. The van der Waals surface area contributed by atoms with Crippen molar-refractivity contribution in [3.63, 3.8) is 0 Å². The lowest BCUT2D eigenvalue weighted by Crippen LogP contribution is -2.25. The van der Waals surface area contributed by atoms with E-state index in [0.717, 1.165) is 0 Å². The quantitative estimate of drug-likeness (QED) is 0.450. The van der Waals surface area contributed by atoms with Gasteiger partial charge < -0.3 is 4.42 Å². The van der Waals surface area contributed by atoms with Gasteiger partial charge in [0.2, 0.25) is 0 Å². The smallest absolute Gasteiger partial charge is 0.349 e. The largest absolute Gasteiger partial charge is 0.422 e. The molecule has 0 unspecified atom stereocenters. The third-order valence-corrected chi connectivity index (χ3v) is 2.28. The number of nitrogens with one attached hydrogen (secondary N) is 1. The molecule has 5 nitrogen and oxygen atoms in total. The van der Waals surface area contributed by atoms with Gasteiger partial charge in [-0.3, -0.25) is 10.0 Å². The third kappa shape index (κ3) is 1.78. The van der Waals surface area contributed by atoms with E-state index in [1.165, 1.54) is 17.6 Å². The highest BCUT2D eigenvalue weighted by molar-refractivity contribution is 6.31. The molecule has 0 fully saturated rings. The van der Waals surface area contributed by atoms with Gasteiger partial charge in [-0.2, -0.15) is 0 Å². The monoisotopic (exact) mass is 239 g/mol. The first-order valence-corrected chi connectivity index (χ1v) is 4.67. The molecule has 82 valence electrons. The van der Waals surface area contributed by atoms with E-state index in [-0.39, 0.29) is 5.56 Å². The average molecular weight is 240 g/mol. The molecule has 0 saturated heterocycles. The number of carbonyl (C=O) groups excluding carboxylic acids is 1. The van der Waals surface area contributed by atoms with Crippen molar-refractivity contribution in [2.45, 2.75) is 0 Å². The molecule has 0 aliphatic rings. The highest BCUT2D eigenvalue weighted by Crippen LogP contribution is 2.18. The molecule has 1 aromatic heterocycles. The maximum atomic E-state index is 11.3. The fourth-order valence-electron chi connectivity index (χ4n) is 1.31. The Kier molecular flexibility index (Phi) is 2.64. The van der Waals surface area contributed by atoms with Gasteiger partial charge in [0, 0.05) is 10.4 Å². The van der Waals surface area contributed by atoms with Crippen LogP contribution in [0.25, 0.3) is 11.0 Å². The van der Waals surface area contributed by atoms with Crippen LogP contribution in [0.4, 0.5) is 0 Å². The number of amides is 1. The molecule has 2 aromatic rings. The summed E-state index contributed by atoms with van der Waals surface area (Å²) in [4.78, 5) is 22.5. The van der Waals surface area contributed by atoms with Gasteiger partial charge >= 0.3 is 5.63 Å². The van der Waals surface area contributed by atoms with E-state index in [9.17, 15) is 9.59 Å². The van der Waals surface area contributed by atoms with E-state index in [2.05, 4.69) is 0 Å². The van der Waals surface area contributed by atoms with Crippen LogP contribution < -0.4 is 11.1 Å². The summed E-state index contributed by atoms with van der Waals surface area (Å²) < 4.78 is 4.88. The number of rotatable bonds is 1. The van der Waals surface area contributed by atoms with E-state index in [1.54, 1.807) is 12.1 Å². The van der Waals surface area contributed by atoms with Crippen LogP contribution in [0.15, 0.2) is 33.5 Å². The van der Waals surface area contributed by atoms with Crippen LogP contribution in [-0.2, 0) is 0 Å². The summed E-state index contributed by atoms with van der Waals surface area (Å²) in [5.74, 6) is -0.921. The van der Waals surface area contributed by atoms with Gasteiger partial charge in [0.15, 0.2) is 0 Å². The first-order valence-electron chi connectivity index (χ1n) is 4.29. The maximum Gasteiger partial charge on any atom is 0.349 e. The Bertz CT molecular complexity index is 620. The first kappa shape index (κ1) is 10.7. The highest BCUT2D eigenvalue weighted by atomic mass is 35.5. The van der Waals surface area contributed by atoms with Gasteiger partial charge in [-0.25, -0.2) is 10.3 Å². The third-order valence-electron chi connectivity index (χ3n) is 2.04. The van der Waals surface area contributed by atoms with Crippen molar-refractivity contribution >= 4 is 28.5 Å². The Morgan fingerprint density at radius 1 is 1.38 bits per heavy atom. The number of fused-ring (bicyclic) bond motifs is 1. The molecule has 1 aromatic carbocycles. The number of hydrogen-bond donors (Lipinski definition) is 2. The molecule has 0 aliphatic carbocycles. The molecule has 2 N–H and O–H groups in total. The van der Waals surface area contributed by atoms with Gasteiger partial charge in [0.05, 0.1) is 0 Å². The SMILES string of the molecule is O=C(NO)c1cc2cc(Cl)ccc2oc1=O. The van der Waals surface area contributed by atoms with E-state index in [4.69, 9.17) is 21.2 Å². The summed E-state index contributed by atoms with van der Waals surface area (Å²) >= 11 is 5.75. The summed E-state index contributed by atoms with van der Waals surface area (Å²) in [5.41, 5.74) is 0.594. The lowest BCUT2D eigenvalue weighted by Gasteiger charge is -2.00. The molecule has 6 heteroatoms. The van der Waals surface area contributed by atoms with Gasteiger partial charge in [-0.1, -0.05) is 11.6 Å². The Labute approximate surface area is 94.2 Å². The predicted molar refractivity (Wildman–Crippen MR) is 56.7 cm³/mol. The Hall–Kier alpha value is -1.85. The molecule has 1 amide bonds. The maximum absolute atomic E-state index is 11.3. The van der Waals surface area contributed by atoms with Crippen LogP contribution in [0.2, 0.25) is 5.02 Å². The van der Waals surface area contributed by atoms with Crippen molar-refractivity contribution in [2.24, 2.45) is 0 Å². The molecule has 0 bridgehead atoms. The van der Waals surface area contributed by atoms with Crippen LogP contribution >= 0.6 is 11.6 Å². The van der Waals surface area contributed by atoms with Crippen molar-refractivity contribution < 1.29 is 14.4 Å². The lowest BCUT2D eigenvalue weighted by atomic mass is 10.2. The Morgan fingerprint density at radius 2 is 2.12 bits per heavy atom. The zero-order chi connectivity index (χ0) is 11.7. The van der Waals surface area contributed by atoms with Crippen molar-refractivity contribution in [1.29, 1.82) is 0 Å². The minimum atomic E-state index is -0.921. The topological polar surface area (TPSA) is 79.5 Å². The van der Waals surface area contributed by atoms with Gasteiger partial charge in [0.25, 0.3) is 5.91 Å². The van der Waals surface area contributed by atoms with Gasteiger partial charge in [-0.15, -0.1) is 0 Å². The van der Waals surface area contributed by atoms with E-state index in [1.807, 2.05) is 0 Å². The molecule has 0 aliphatic heterocycles. The minimum absolute atomic E-state index is 0.280. The van der Waals surface area contributed by atoms with Crippen LogP contribution in [0.3, 0.4) is 0 Å². The second-order valence-corrected chi connectivity index (χ2v) is 3.51. The summed E-state index contributed by atoms with van der Waals surface area (Å²) in [6.07, 6.45) is 0. The van der Waals surface area contributed by atoms with Crippen LogP contribution in [-0.4, -0.2) is 11.1 Å². The highest BCUT2D eigenvalue weighted by Gasteiger charge is 2.12. The van der Waals surface area contributed by atoms with Crippen molar-refractivity contribution in [3.05, 3.63) is 45.3 Å². The zero-order valence-electron chi connectivity index (χ0n) is 7.86. The van der Waals surface area contributed by atoms with Crippen LogP contribution in [0.1, 0.15) is 10.4 Å². The summed E-state index contributed by atoms with van der Waals surface area (Å²) in [6.45, 7) is 0. The molecular weight excluding hydrogens is 234 g/mol. The molecule has 2 rings (SSSR count). The summed E-state index contributed by atoms with van der Waals surface area (Å²) in [6, 6.07) is 5.95. The summed E-state index contributed by atoms with van der Waals surface area (Å²) in [7, 11) is 0. The fourth-order valence-corrected chi connectivity index (χ4v) is 1.49. The lowest BCUT2D eigenvalue weighted by molar-refractivity contribution is 0.0702. The second-order valence-electron chi connectivity index (χ2n) is 3.07. The van der Waals surface area contributed by atoms with Crippen LogP contribution in [0.5, 0.6) is 0 Å². The standard InChI is InChI=1S/C10H6ClNO4/c11-6-1-2-8-5(3-6)4-7(9(13)12-15)10(14)16-8/h1-4,15H,(H,12,13). The van der Waals surface area contributed by atoms with E-state index < -0.39 is 11.5 Å². The first-order chi connectivity index (χ1) is 7.61. The minimum Gasteiger partial charge on any atom is -0.422 e. The number of hydrogen-bond acceptors (Lipinski definition) is 4. The second kappa shape index (κ2) is 3.96. The zero-order valence-corrected chi connectivity index (χ0v) is 8.62. The Morgan fingerprint density at radius 3 is 2.81 bits per heavy atom. The number of hydroxylamine groups is 1. The van der Waals surface area contributed by atoms with Crippen molar-refractivity contribution in [1.82, 2.24) is 5.48 Å². The van der Waals surface area contributed by atoms with E-state index in [0.29, 0.717) is 16.0 Å². The number of benzene rings is 1. The van der Waals surface area contributed by atoms with Crippen LogP contribution in [0, 0.1) is 0 Å². The fraction of sp³-hybridized carbons (Fsp3) is 0. The average Bonchev–Trinajstić information content (AvgIpc) is 2.28. The normalized spacial score (nSPS) is 10.4. The van der Waals surface area contributed by atoms with Crippen molar-refractivity contribution in [3.8, 4) is 0 Å². The number of halogens is 1. The summed E-state index contributed by atoms with van der Waals surface area (Å²) in [5, 5.41) is 9.39. The Balaban J connectivity index is 2.74. The molecule has 0 saturated carbocycles.